The zero-order chi connectivity index (χ0) is 21.8. The molecule has 0 aliphatic carbocycles. The number of aromatic carboxylic acids is 1. The van der Waals surface area contributed by atoms with Crippen LogP contribution in [0.3, 0.4) is 0 Å². The van der Waals surface area contributed by atoms with Crippen LogP contribution in [0.25, 0.3) is 10.2 Å². The van der Waals surface area contributed by atoms with E-state index in [9.17, 15) is 24.3 Å². The summed E-state index contributed by atoms with van der Waals surface area (Å²) in [6.07, 6.45) is 0.243. The number of amides is 2. The molecule has 10 nitrogen and oxygen atoms in total. The predicted molar refractivity (Wildman–Crippen MR) is 110 cm³/mol. The molecule has 0 atom stereocenters. The smallest absolute Gasteiger partial charge is 0.337 e. The number of carbonyl (C=O) groups excluding carboxylic acids is 2. The van der Waals surface area contributed by atoms with Crippen molar-refractivity contribution in [1.29, 1.82) is 0 Å². The Kier molecular flexibility index (Phi) is 6.23. The average Bonchev–Trinajstić information content (AvgIpc) is 3.13. The second kappa shape index (κ2) is 8.84. The second-order valence-corrected chi connectivity index (χ2v) is 7.11. The van der Waals surface area contributed by atoms with Gasteiger partial charge >= 0.3 is 5.97 Å². The van der Waals surface area contributed by atoms with Gasteiger partial charge in [-0.05, 0) is 12.1 Å². The molecule has 0 aliphatic rings. The molecular formula is C19H18N4O6S. The Morgan fingerprint density at radius 1 is 1.27 bits per heavy atom. The maximum atomic E-state index is 13.0. The van der Waals surface area contributed by atoms with Gasteiger partial charge in [0.15, 0.2) is 0 Å². The summed E-state index contributed by atoms with van der Waals surface area (Å²) in [6.45, 7) is -0.177. The van der Waals surface area contributed by atoms with Gasteiger partial charge in [0.05, 0.1) is 28.8 Å². The summed E-state index contributed by atoms with van der Waals surface area (Å²) >= 11 is 1.04. The molecule has 0 unspecified atom stereocenters. The first kappa shape index (κ1) is 21.1. The number of hydrogen-bond donors (Lipinski definition) is 3. The molecule has 2 amide bonds. The number of carboxylic acids is 1. The minimum Gasteiger partial charge on any atom is -0.478 e. The summed E-state index contributed by atoms with van der Waals surface area (Å²) < 4.78 is 6.15. The molecule has 0 saturated heterocycles. The molecule has 11 heteroatoms. The molecule has 2 aromatic heterocycles. The number of para-hydroxylation sites is 1. The van der Waals surface area contributed by atoms with Crippen molar-refractivity contribution in [2.24, 2.45) is 5.73 Å². The minimum absolute atomic E-state index is 0.0565. The van der Waals surface area contributed by atoms with Crippen molar-refractivity contribution in [2.75, 3.05) is 19.0 Å². The Bertz CT molecular complexity index is 1200. The number of primary amides is 1. The number of carbonyl (C=O) groups is 3. The number of fused-ring (bicyclic) bond motifs is 1. The van der Waals surface area contributed by atoms with Crippen LogP contribution in [0.5, 0.6) is 0 Å². The highest BCUT2D eigenvalue weighted by Gasteiger charge is 2.21. The quantitative estimate of drug-likeness (QED) is 0.483. The first-order valence-corrected chi connectivity index (χ1v) is 9.63. The summed E-state index contributed by atoms with van der Waals surface area (Å²) in [5, 5.41) is 13.2. The fourth-order valence-corrected chi connectivity index (χ4v) is 3.83. The number of carboxylic acid groups (broad SMARTS) is 1. The van der Waals surface area contributed by atoms with Gasteiger partial charge in [-0.15, -0.1) is 11.3 Å². The predicted octanol–water partition coefficient (Wildman–Crippen LogP) is 1.08. The Morgan fingerprint density at radius 2 is 2.00 bits per heavy atom. The minimum atomic E-state index is -1.25. The molecular weight excluding hydrogens is 412 g/mol. The van der Waals surface area contributed by atoms with Crippen LogP contribution in [0.1, 0.15) is 26.5 Å². The highest BCUT2D eigenvalue weighted by atomic mass is 32.1. The third-order valence-electron chi connectivity index (χ3n) is 4.30. The Morgan fingerprint density at radius 3 is 2.67 bits per heavy atom. The van der Waals surface area contributed by atoms with Crippen LogP contribution in [0, 0.1) is 0 Å². The van der Waals surface area contributed by atoms with Crippen molar-refractivity contribution < 1.29 is 24.2 Å². The molecule has 0 saturated carbocycles. The van der Waals surface area contributed by atoms with Crippen molar-refractivity contribution in [1.82, 2.24) is 9.55 Å². The SMILES string of the molecule is COCCc1nc2scc(C(=O)O)c2c(=O)n1CC(=O)Nc1ccccc1C(N)=O. The lowest BCUT2D eigenvalue weighted by Gasteiger charge is -2.13. The fourth-order valence-electron chi connectivity index (χ4n) is 2.91. The van der Waals surface area contributed by atoms with Gasteiger partial charge in [0.25, 0.3) is 11.5 Å². The van der Waals surface area contributed by atoms with E-state index >= 15 is 0 Å². The molecule has 156 valence electrons. The number of aromatic nitrogens is 2. The standard InChI is InChI=1S/C19H18N4O6S/c1-29-7-6-13-22-17-15(11(9-30-17)19(27)28)18(26)23(13)8-14(24)21-12-5-3-2-4-10(12)16(20)25/h2-5,9H,6-8H2,1H3,(H2,20,25)(H,21,24)(H,27,28). The van der Waals surface area contributed by atoms with Crippen molar-refractivity contribution >= 4 is 45.0 Å². The molecule has 0 spiro atoms. The van der Waals surface area contributed by atoms with E-state index in [-0.39, 0.29) is 45.9 Å². The van der Waals surface area contributed by atoms with E-state index in [0.717, 1.165) is 15.9 Å². The van der Waals surface area contributed by atoms with Gasteiger partial charge in [0.2, 0.25) is 5.91 Å². The number of methoxy groups -OCH3 is 1. The number of hydrogen-bond acceptors (Lipinski definition) is 7. The molecule has 3 aromatic rings. The van der Waals surface area contributed by atoms with Crippen LogP contribution in [0.15, 0.2) is 34.4 Å². The number of ether oxygens (including phenoxy) is 1. The summed E-state index contributed by atoms with van der Waals surface area (Å²) in [5.74, 6) is -2.28. The van der Waals surface area contributed by atoms with E-state index in [1.807, 2.05) is 0 Å². The highest BCUT2D eigenvalue weighted by Crippen LogP contribution is 2.22. The van der Waals surface area contributed by atoms with E-state index in [0.29, 0.717) is 0 Å². The van der Waals surface area contributed by atoms with Crippen LogP contribution in [0.2, 0.25) is 0 Å². The number of nitrogens with two attached hydrogens (primary N) is 1. The summed E-state index contributed by atoms with van der Waals surface area (Å²) in [5.41, 5.74) is 4.84. The van der Waals surface area contributed by atoms with Crippen molar-refractivity contribution in [3.8, 4) is 0 Å². The Hall–Kier alpha value is -3.57. The molecule has 30 heavy (non-hydrogen) atoms. The number of rotatable bonds is 8. The van der Waals surface area contributed by atoms with Gasteiger partial charge in [0, 0.05) is 18.9 Å². The average molecular weight is 430 g/mol. The zero-order valence-corrected chi connectivity index (χ0v) is 16.7. The van der Waals surface area contributed by atoms with E-state index in [1.54, 1.807) is 12.1 Å². The first-order chi connectivity index (χ1) is 14.3. The van der Waals surface area contributed by atoms with Gasteiger partial charge in [-0.25, -0.2) is 9.78 Å². The van der Waals surface area contributed by atoms with Crippen LogP contribution in [-0.4, -0.2) is 46.2 Å². The number of nitrogens with one attached hydrogen (secondary N) is 1. The molecule has 2 heterocycles. The molecule has 0 radical (unpaired) electrons. The zero-order valence-electron chi connectivity index (χ0n) is 15.9. The first-order valence-electron chi connectivity index (χ1n) is 8.75. The number of benzene rings is 1. The van der Waals surface area contributed by atoms with Crippen LogP contribution in [0.4, 0.5) is 5.69 Å². The monoisotopic (exact) mass is 430 g/mol. The number of nitrogens with zero attached hydrogens (tertiary/aromatic N) is 2. The normalized spacial score (nSPS) is 10.8. The van der Waals surface area contributed by atoms with Gasteiger partial charge in [0.1, 0.15) is 17.2 Å². The van der Waals surface area contributed by atoms with Gasteiger partial charge in [-0.2, -0.15) is 0 Å². The lowest BCUT2D eigenvalue weighted by molar-refractivity contribution is -0.116. The maximum Gasteiger partial charge on any atom is 0.337 e. The third-order valence-corrected chi connectivity index (χ3v) is 5.17. The number of thiophene rings is 1. The molecule has 3 rings (SSSR count). The summed E-state index contributed by atoms with van der Waals surface area (Å²) in [4.78, 5) is 53.3. The molecule has 1 aromatic carbocycles. The van der Waals surface area contributed by atoms with E-state index in [1.165, 1.54) is 24.6 Å². The fraction of sp³-hybridized carbons (Fsp3) is 0.211. The molecule has 4 N–H and O–H groups in total. The topological polar surface area (TPSA) is 154 Å². The highest BCUT2D eigenvalue weighted by molar-refractivity contribution is 7.17. The van der Waals surface area contributed by atoms with Gasteiger partial charge < -0.3 is 20.9 Å². The van der Waals surface area contributed by atoms with Gasteiger partial charge in [-0.3, -0.25) is 19.0 Å². The number of anilines is 1. The Balaban J connectivity index is 2.01. The van der Waals surface area contributed by atoms with Crippen LogP contribution >= 0.6 is 11.3 Å². The summed E-state index contributed by atoms with van der Waals surface area (Å²) in [7, 11) is 1.49. The molecule has 0 bridgehead atoms. The van der Waals surface area contributed by atoms with Crippen LogP contribution in [-0.2, 0) is 22.5 Å². The lowest BCUT2D eigenvalue weighted by Crippen LogP contribution is -2.32. The largest absolute Gasteiger partial charge is 0.478 e. The van der Waals surface area contributed by atoms with E-state index in [4.69, 9.17) is 10.5 Å². The van der Waals surface area contributed by atoms with Crippen LogP contribution < -0.4 is 16.6 Å². The van der Waals surface area contributed by atoms with Crippen molar-refractivity contribution in [3.63, 3.8) is 0 Å². The van der Waals surface area contributed by atoms with Crippen molar-refractivity contribution in [3.05, 3.63) is 57.0 Å². The lowest BCUT2D eigenvalue weighted by atomic mass is 10.1. The summed E-state index contributed by atoms with van der Waals surface area (Å²) in [6, 6.07) is 6.20. The van der Waals surface area contributed by atoms with Crippen molar-refractivity contribution in [2.45, 2.75) is 13.0 Å². The Labute approximate surface area is 173 Å². The molecule has 0 fully saturated rings. The van der Waals surface area contributed by atoms with E-state index in [2.05, 4.69) is 10.3 Å². The van der Waals surface area contributed by atoms with Gasteiger partial charge in [-0.1, -0.05) is 12.1 Å². The third kappa shape index (κ3) is 4.21. The molecule has 0 aliphatic heterocycles. The second-order valence-electron chi connectivity index (χ2n) is 6.25. The maximum absolute atomic E-state index is 13.0. The van der Waals surface area contributed by atoms with E-state index < -0.39 is 29.9 Å².